The van der Waals surface area contributed by atoms with E-state index in [2.05, 4.69) is 32.9 Å². The normalized spacial score (nSPS) is 12.0. The molecule has 0 rings (SSSR count). The molecule has 0 radical (unpaired) electrons. The zero-order valence-electron chi connectivity index (χ0n) is 43.3. The van der Waals surface area contributed by atoms with Crippen LogP contribution in [-0.2, 0) is 28.6 Å². The summed E-state index contributed by atoms with van der Waals surface area (Å²) in [6, 6.07) is 0. The summed E-state index contributed by atoms with van der Waals surface area (Å²) in [5, 5.41) is 0. The van der Waals surface area contributed by atoms with Crippen LogP contribution in [0, 0.1) is 0 Å². The third kappa shape index (κ3) is 51.1. The van der Waals surface area contributed by atoms with E-state index < -0.39 is 6.10 Å². The van der Waals surface area contributed by atoms with Crippen molar-refractivity contribution in [2.45, 2.75) is 329 Å². The summed E-state index contributed by atoms with van der Waals surface area (Å²) in [6.45, 7) is 6.67. The Morgan fingerprint density at radius 1 is 0.297 bits per heavy atom. The van der Waals surface area contributed by atoms with Gasteiger partial charge < -0.3 is 14.2 Å². The van der Waals surface area contributed by atoms with Gasteiger partial charge in [0.05, 0.1) is 0 Å². The summed E-state index contributed by atoms with van der Waals surface area (Å²) < 4.78 is 16.8. The zero-order chi connectivity index (χ0) is 46.5. The van der Waals surface area contributed by atoms with Crippen LogP contribution < -0.4 is 0 Å². The van der Waals surface area contributed by atoms with Crippen LogP contribution in [0.3, 0.4) is 0 Å². The molecule has 6 heteroatoms. The fourth-order valence-corrected chi connectivity index (χ4v) is 8.68. The van der Waals surface area contributed by atoms with E-state index in [1.807, 2.05) is 0 Å². The first-order valence-electron chi connectivity index (χ1n) is 28.7. The Hall–Kier alpha value is -1.85. The molecule has 0 aliphatic rings. The molecular formula is C58H110O6. The number of unbranched alkanes of at least 4 members (excludes halogenated alkanes) is 40. The number of rotatable bonds is 53. The van der Waals surface area contributed by atoms with Crippen molar-refractivity contribution < 1.29 is 28.6 Å². The minimum atomic E-state index is -0.764. The van der Waals surface area contributed by atoms with E-state index >= 15 is 0 Å². The van der Waals surface area contributed by atoms with E-state index in [4.69, 9.17) is 14.2 Å². The largest absolute Gasteiger partial charge is 0.462 e. The lowest BCUT2D eigenvalue weighted by Gasteiger charge is -2.18. The average Bonchev–Trinajstić information content (AvgIpc) is 3.29. The average molecular weight is 904 g/mol. The van der Waals surface area contributed by atoms with Gasteiger partial charge in [-0.25, -0.2) is 0 Å². The van der Waals surface area contributed by atoms with Gasteiger partial charge in [0, 0.05) is 19.3 Å². The van der Waals surface area contributed by atoms with Crippen LogP contribution >= 0.6 is 0 Å². The summed E-state index contributed by atoms with van der Waals surface area (Å²) in [6.07, 6.45) is 60.7. The molecule has 0 spiro atoms. The SMILES string of the molecule is CCCCCCCCCC/C=C\CCCCCCCCCCCC(=O)OCC(COC(=O)CCCCCCCCCCC)OC(=O)CCCCCCCCCCCCCCCCCC. The maximum atomic E-state index is 12.8. The molecule has 0 amide bonds. The van der Waals surface area contributed by atoms with Crippen LogP contribution in [0.1, 0.15) is 323 Å². The number of carbonyl (C=O) groups is 3. The van der Waals surface area contributed by atoms with Crippen LogP contribution in [0.4, 0.5) is 0 Å². The Morgan fingerprint density at radius 2 is 0.516 bits per heavy atom. The molecule has 6 nitrogen and oxygen atoms in total. The van der Waals surface area contributed by atoms with Crippen molar-refractivity contribution in [3.8, 4) is 0 Å². The van der Waals surface area contributed by atoms with Crippen molar-refractivity contribution in [1.82, 2.24) is 0 Å². The lowest BCUT2D eigenvalue weighted by Crippen LogP contribution is -2.30. The standard InChI is InChI=1S/C58H110O6/c1-4-7-10-13-16-19-21-23-25-27-28-29-30-31-33-34-36-39-42-45-48-51-57(60)63-54-55(53-62-56(59)50-47-44-41-38-18-15-12-9-6-3)64-58(61)52-49-46-43-40-37-35-32-26-24-22-20-17-14-11-8-5-2/h27-28,55H,4-26,29-54H2,1-3H3/b28-27-. The molecule has 0 bridgehead atoms. The lowest BCUT2D eigenvalue weighted by molar-refractivity contribution is -0.167. The highest BCUT2D eigenvalue weighted by Crippen LogP contribution is 2.17. The van der Waals surface area contributed by atoms with Crippen molar-refractivity contribution in [2.24, 2.45) is 0 Å². The maximum absolute atomic E-state index is 12.8. The molecule has 0 aromatic rings. The number of allylic oxidation sites excluding steroid dienone is 2. The number of esters is 3. The Labute approximate surface area is 399 Å². The number of hydrogen-bond acceptors (Lipinski definition) is 6. The molecule has 0 aromatic carbocycles. The van der Waals surface area contributed by atoms with Crippen LogP contribution in [0.5, 0.6) is 0 Å². The van der Waals surface area contributed by atoms with E-state index in [0.717, 1.165) is 57.8 Å². The Morgan fingerprint density at radius 3 is 0.781 bits per heavy atom. The first-order chi connectivity index (χ1) is 31.5. The van der Waals surface area contributed by atoms with E-state index in [-0.39, 0.29) is 31.1 Å². The Balaban J connectivity index is 4.21. The second-order valence-electron chi connectivity index (χ2n) is 19.6. The van der Waals surface area contributed by atoms with Gasteiger partial charge in [-0.2, -0.15) is 0 Å². The third-order valence-electron chi connectivity index (χ3n) is 13.0. The number of hydrogen-bond donors (Lipinski definition) is 0. The first-order valence-corrected chi connectivity index (χ1v) is 28.7. The van der Waals surface area contributed by atoms with E-state index in [0.29, 0.717) is 19.3 Å². The zero-order valence-corrected chi connectivity index (χ0v) is 43.3. The molecule has 1 atom stereocenters. The third-order valence-corrected chi connectivity index (χ3v) is 13.0. The maximum Gasteiger partial charge on any atom is 0.306 e. The Kier molecular flexibility index (Phi) is 52.2. The quantitative estimate of drug-likeness (QED) is 0.0262. The predicted octanol–water partition coefficient (Wildman–Crippen LogP) is 18.9. The lowest BCUT2D eigenvalue weighted by atomic mass is 10.0. The molecule has 0 fully saturated rings. The van der Waals surface area contributed by atoms with Gasteiger partial charge in [-0.1, -0.05) is 270 Å². The highest BCUT2D eigenvalue weighted by Gasteiger charge is 2.19. The second kappa shape index (κ2) is 53.8. The molecule has 0 saturated heterocycles. The van der Waals surface area contributed by atoms with Gasteiger partial charge in [-0.3, -0.25) is 14.4 Å². The summed E-state index contributed by atoms with van der Waals surface area (Å²) in [5.74, 6) is -0.848. The molecule has 64 heavy (non-hydrogen) atoms. The highest BCUT2D eigenvalue weighted by atomic mass is 16.6. The monoisotopic (exact) mass is 903 g/mol. The molecule has 0 aromatic heterocycles. The number of carbonyl (C=O) groups excluding carboxylic acids is 3. The van der Waals surface area contributed by atoms with Gasteiger partial charge in [-0.15, -0.1) is 0 Å². The smallest absolute Gasteiger partial charge is 0.306 e. The molecule has 0 aliphatic heterocycles. The molecule has 378 valence electrons. The molecular weight excluding hydrogens is 793 g/mol. The summed E-state index contributed by atoms with van der Waals surface area (Å²) in [4.78, 5) is 38.0. The van der Waals surface area contributed by atoms with Crippen LogP contribution in [0.2, 0.25) is 0 Å². The van der Waals surface area contributed by atoms with Crippen molar-refractivity contribution >= 4 is 17.9 Å². The van der Waals surface area contributed by atoms with Crippen LogP contribution in [0.15, 0.2) is 12.2 Å². The number of ether oxygens (including phenoxy) is 3. The van der Waals surface area contributed by atoms with E-state index in [9.17, 15) is 14.4 Å². The van der Waals surface area contributed by atoms with Gasteiger partial charge in [0.25, 0.3) is 0 Å². The highest BCUT2D eigenvalue weighted by molar-refractivity contribution is 5.71. The minimum absolute atomic E-state index is 0.0652. The van der Waals surface area contributed by atoms with Crippen molar-refractivity contribution in [3.05, 3.63) is 12.2 Å². The van der Waals surface area contributed by atoms with E-state index in [1.54, 1.807) is 0 Å². The topological polar surface area (TPSA) is 78.9 Å². The van der Waals surface area contributed by atoms with Gasteiger partial charge in [0.1, 0.15) is 13.2 Å². The minimum Gasteiger partial charge on any atom is -0.462 e. The molecule has 0 saturated carbocycles. The first kappa shape index (κ1) is 62.1. The van der Waals surface area contributed by atoms with Gasteiger partial charge >= 0.3 is 17.9 Å². The Bertz CT molecular complexity index is 993. The van der Waals surface area contributed by atoms with E-state index in [1.165, 1.54) is 225 Å². The fraction of sp³-hybridized carbons (Fsp3) is 0.914. The van der Waals surface area contributed by atoms with Crippen LogP contribution in [-0.4, -0.2) is 37.2 Å². The summed E-state index contributed by atoms with van der Waals surface area (Å²) >= 11 is 0. The van der Waals surface area contributed by atoms with Crippen molar-refractivity contribution in [3.63, 3.8) is 0 Å². The molecule has 0 N–H and O–H groups in total. The van der Waals surface area contributed by atoms with Gasteiger partial charge in [0.2, 0.25) is 0 Å². The summed E-state index contributed by atoms with van der Waals surface area (Å²) in [7, 11) is 0. The molecule has 1 unspecified atom stereocenters. The second-order valence-corrected chi connectivity index (χ2v) is 19.6. The van der Waals surface area contributed by atoms with Crippen molar-refractivity contribution in [1.29, 1.82) is 0 Å². The van der Waals surface area contributed by atoms with Gasteiger partial charge in [-0.05, 0) is 44.9 Å². The predicted molar refractivity (Wildman–Crippen MR) is 275 cm³/mol. The van der Waals surface area contributed by atoms with Crippen molar-refractivity contribution in [2.75, 3.05) is 13.2 Å². The van der Waals surface area contributed by atoms with Gasteiger partial charge in [0.15, 0.2) is 6.10 Å². The fourth-order valence-electron chi connectivity index (χ4n) is 8.68. The molecule has 0 heterocycles. The molecule has 0 aliphatic carbocycles. The van der Waals surface area contributed by atoms with Crippen LogP contribution in [0.25, 0.3) is 0 Å². The summed E-state index contributed by atoms with van der Waals surface area (Å²) in [5.41, 5.74) is 0.